The molecule has 0 unspecified atom stereocenters. The van der Waals surface area contributed by atoms with Crippen molar-refractivity contribution in [1.29, 1.82) is 0 Å². The second-order valence-corrected chi connectivity index (χ2v) is 7.97. The van der Waals surface area contributed by atoms with E-state index in [1.54, 1.807) is 0 Å². The van der Waals surface area contributed by atoms with Crippen LogP contribution in [-0.2, 0) is 17.6 Å². The molecule has 0 fully saturated rings. The minimum atomic E-state index is -0.747. The number of nitrogens with one attached hydrogen (secondary N) is 1. The summed E-state index contributed by atoms with van der Waals surface area (Å²) in [5.74, 6) is -0.848. The molecule has 0 saturated carbocycles. The lowest BCUT2D eigenvalue weighted by molar-refractivity contribution is -0.137. The van der Waals surface area contributed by atoms with Crippen LogP contribution in [0, 0.1) is 0 Å². The summed E-state index contributed by atoms with van der Waals surface area (Å²) >= 11 is 0. The summed E-state index contributed by atoms with van der Waals surface area (Å²) in [6, 6.07) is 15.7. The van der Waals surface area contributed by atoms with E-state index in [0.29, 0.717) is 12.0 Å². The smallest absolute Gasteiger partial charge is 0.303 e. The van der Waals surface area contributed by atoms with E-state index in [1.807, 2.05) is 36.4 Å². The molecule has 0 bridgehead atoms. The molecule has 0 heterocycles. The van der Waals surface area contributed by atoms with Gasteiger partial charge in [-0.05, 0) is 67.5 Å². The zero-order valence-electron chi connectivity index (χ0n) is 18.2. The van der Waals surface area contributed by atoms with Crippen LogP contribution in [0.25, 0.3) is 0 Å². The Bertz CT molecular complexity index is 766. The highest BCUT2D eigenvalue weighted by Gasteiger charge is 2.06. The molecular formula is C26H35NO3. The van der Waals surface area contributed by atoms with Gasteiger partial charge >= 0.3 is 5.97 Å². The van der Waals surface area contributed by atoms with E-state index >= 15 is 0 Å². The lowest BCUT2D eigenvalue weighted by Crippen LogP contribution is -2.11. The van der Waals surface area contributed by atoms with Crippen LogP contribution in [0.5, 0.6) is 0 Å². The Kier molecular flexibility index (Phi) is 10.7. The van der Waals surface area contributed by atoms with Crippen LogP contribution in [-0.4, -0.2) is 17.0 Å². The van der Waals surface area contributed by atoms with E-state index in [9.17, 15) is 9.59 Å². The second kappa shape index (κ2) is 13.6. The molecule has 0 aromatic heterocycles. The van der Waals surface area contributed by atoms with Gasteiger partial charge in [0.1, 0.15) is 0 Å². The molecule has 0 radical (unpaired) electrons. The van der Waals surface area contributed by atoms with Gasteiger partial charge in [-0.3, -0.25) is 9.59 Å². The van der Waals surface area contributed by atoms with Crippen LogP contribution in [0.15, 0.2) is 48.5 Å². The summed E-state index contributed by atoms with van der Waals surface area (Å²) in [6.45, 7) is 2.24. The van der Waals surface area contributed by atoms with Gasteiger partial charge < -0.3 is 10.4 Å². The number of carbonyl (C=O) groups is 2. The minimum Gasteiger partial charge on any atom is -0.481 e. The Hall–Kier alpha value is -2.62. The largest absolute Gasteiger partial charge is 0.481 e. The standard InChI is InChI=1S/C26H35NO3/c1-2-3-4-5-6-7-10-21-13-17-23(18-14-21)26(30)27-24-19-15-22(16-20-24)11-8-9-12-25(28)29/h13-20H,2-12H2,1H3,(H,27,30)(H,28,29). The number of carboxylic acids is 1. The Morgan fingerprint density at radius 1 is 0.733 bits per heavy atom. The quantitative estimate of drug-likeness (QED) is 0.344. The topological polar surface area (TPSA) is 66.4 Å². The molecular weight excluding hydrogens is 374 g/mol. The van der Waals surface area contributed by atoms with Crippen LogP contribution in [0.3, 0.4) is 0 Å². The van der Waals surface area contributed by atoms with Crippen LogP contribution in [0.4, 0.5) is 5.69 Å². The Morgan fingerprint density at radius 2 is 1.27 bits per heavy atom. The van der Waals surface area contributed by atoms with Gasteiger partial charge in [-0.15, -0.1) is 0 Å². The molecule has 4 nitrogen and oxygen atoms in total. The maximum Gasteiger partial charge on any atom is 0.303 e. The van der Waals surface area contributed by atoms with Gasteiger partial charge in [-0.2, -0.15) is 0 Å². The number of carbonyl (C=O) groups excluding carboxylic acids is 1. The lowest BCUT2D eigenvalue weighted by atomic mass is 10.0. The number of aliphatic carboxylic acids is 1. The second-order valence-electron chi connectivity index (χ2n) is 7.97. The van der Waals surface area contributed by atoms with Gasteiger partial charge in [-0.1, -0.05) is 63.3 Å². The minimum absolute atomic E-state index is 0.102. The number of hydrogen-bond acceptors (Lipinski definition) is 2. The number of benzene rings is 2. The number of rotatable bonds is 14. The van der Waals surface area contributed by atoms with Crippen molar-refractivity contribution in [3.63, 3.8) is 0 Å². The van der Waals surface area contributed by atoms with E-state index in [2.05, 4.69) is 24.4 Å². The monoisotopic (exact) mass is 409 g/mol. The van der Waals surface area contributed by atoms with Gasteiger partial charge in [0.2, 0.25) is 0 Å². The predicted octanol–water partition coefficient (Wildman–Crippen LogP) is 6.64. The van der Waals surface area contributed by atoms with E-state index in [0.717, 1.165) is 30.5 Å². The van der Waals surface area contributed by atoms with Gasteiger partial charge in [0.05, 0.1) is 0 Å². The maximum absolute atomic E-state index is 12.5. The molecule has 0 aliphatic rings. The zero-order chi connectivity index (χ0) is 21.6. The number of aryl methyl sites for hydroxylation is 2. The molecule has 0 aliphatic heterocycles. The molecule has 162 valence electrons. The number of anilines is 1. The average Bonchev–Trinajstić information content (AvgIpc) is 2.75. The number of hydrogen-bond donors (Lipinski definition) is 2. The lowest BCUT2D eigenvalue weighted by Gasteiger charge is -2.08. The number of carboxylic acid groups (broad SMARTS) is 1. The summed E-state index contributed by atoms with van der Waals surface area (Å²) < 4.78 is 0. The first-order chi connectivity index (χ1) is 14.6. The van der Waals surface area contributed by atoms with Crippen LogP contribution in [0.2, 0.25) is 0 Å². The zero-order valence-corrected chi connectivity index (χ0v) is 18.2. The van der Waals surface area contributed by atoms with Crippen molar-refractivity contribution in [3.05, 3.63) is 65.2 Å². The van der Waals surface area contributed by atoms with E-state index in [1.165, 1.54) is 44.1 Å². The first-order valence-electron chi connectivity index (χ1n) is 11.3. The van der Waals surface area contributed by atoms with Crippen LogP contribution < -0.4 is 5.32 Å². The molecule has 0 spiro atoms. The SMILES string of the molecule is CCCCCCCCc1ccc(C(=O)Nc2ccc(CCCCC(=O)O)cc2)cc1. The molecule has 4 heteroatoms. The number of amides is 1. The Balaban J connectivity index is 1.74. The van der Waals surface area contributed by atoms with Gasteiger partial charge in [0.15, 0.2) is 0 Å². The van der Waals surface area contributed by atoms with E-state index < -0.39 is 5.97 Å². The Morgan fingerprint density at radius 3 is 1.87 bits per heavy atom. The molecule has 0 saturated heterocycles. The highest BCUT2D eigenvalue weighted by atomic mass is 16.4. The predicted molar refractivity (Wildman–Crippen MR) is 123 cm³/mol. The normalized spacial score (nSPS) is 10.7. The van der Waals surface area contributed by atoms with Crippen molar-refractivity contribution in [1.82, 2.24) is 0 Å². The molecule has 30 heavy (non-hydrogen) atoms. The van der Waals surface area contributed by atoms with Crippen molar-refractivity contribution in [2.75, 3.05) is 5.32 Å². The molecule has 1 amide bonds. The molecule has 0 atom stereocenters. The van der Waals surface area contributed by atoms with Crippen LogP contribution in [0.1, 0.15) is 86.2 Å². The highest BCUT2D eigenvalue weighted by Crippen LogP contribution is 2.15. The van der Waals surface area contributed by atoms with Crippen molar-refractivity contribution >= 4 is 17.6 Å². The molecule has 2 aromatic rings. The highest BCUT2D eigenvalue weighted by molar-refractivity contribution is 6.04. The first-order valence-corrected chi connectivity index (χ1v) is 11.3. The van der Waals surface area contributed by atoms with Crippen molar-refractivity contribution in [2.45, 2.75) is 77.6 Å². The molecule has 0 aliphatic carbocycles. The van der Waals surface area contributed by atoms with E-state index in [-0.39, 0.29) is 12.3 Å². The third kappa shape index (κ3) is 9.25. The molecule has 2 aromatic carbocycles. The fourth-order valence-corrected chi connectivity index (χ4v) is 3.50. The van der Waals surface area contributed by atoms with Gasteiger partial charge in [0, 0.05) is 17.7 Å². The van der Waals surface area contributed by atoms with Gasteiger partial charge in [-0.25, -0.2) is 0 Å². The molecule has 2 N–H and O–H groups in total. The van der Waals surface area contributed by atoms with E-state index in [4.69, 9.17) is 5.11 Å². The first kappa shape index (κ1) is 23.7. The summed E-state index contributed by atoms with van der Waals surface area (Å²) in [5, 5.41) is 11.6. The third-order valence-electron chi connectivity index (χ3n) is 5.35. The van der Waals surface area contributed by atoms with Crippen molar-refractivity contribution in [2.24, 2.45) is 0 Å². The summed E-state index contributed by atoms with van der Waals surface area (Å²) in [5.41, 5.74) is 3.87. The van der Waals surface area contributed by atoms with Crippen molar-refractivity contribution < 1.29 is 14.7 Å². The average molecular weight is 410 g/mol. The van der Waals surface area contributed by atoms with Gasteiger partial charge in [0.25, 0.3) is 5.91 Å². The summed E-state index contributed by atoms with van der Waals surface area (Å²) in [7, 11) is 0. The fraction of sp³-hybridized carbons (Fsp3) is 0.462. The third-order valence-corrected chi connectivity index (χ3v) is 5.35. The van der Waals surface area contributed by atoms with Crippen molar-refractivity contribution in [3.8, 4) is 0 Å². The van der Waals surface area contributed by atoms with Crippen LogP contribution >= 0.6 is 0 Å². The molecule has 2 rings (SSSR count). The summed E-state index contributed by atoms with van der Waals surface area (Å²) in [4.78, 5) is 23.0. The fourth-order valence-electron chi connectivity index (χ4n) is 3.50. The maximum atomic E-state index is 12.5. The number of unbranched alkanes of at least 4 members (excludes halogenated alkanes) is 6. The summed E-state index contributed by atoms with van der Waals surface area (Å²) in [6.07, 6.45) is 11.4. The Labute approximate surface area is 180 Å².